The molecule has 0 spiro atoms. The fourth-order valence-electron chi connectivity index (χ4n) is 3.54. The molecule has 0 saturated heterocycles. The van der Waals surface area contributed by atoms with Crippen molar-refractivity contribution in [3.63, 3.8) is 0 Å². The molecule has 0 amide bonds. The number of anilines is 1. The third-order valence-corrected chi connectivity index (χ3v) is 5.22. The van der Waals surface area contributed by atoms with Crippen LogP contribution in [0.15, 0.2) is 66.7 Å². The van der Waals surface area contributed by atoms with Crippen molar-refractivity contribution >= 4 is 17.5 Å². The number of hydrogen-bond acceptors (Lipinski definition) is 3. The second kappa shape index (κ2) is 9.84. The summed E-state index contributed by atoms with van der Waals surface area (Å²) in [4.78, 5) is 12.7. The van der Waals surface area contributed by atoms with Crippen molar-refractivity contribution in [2.45, 2.75) is 13.8 Å². The monoisotopic (exact) mass is 429 g/mol. The van der Waals surface area contributed by atoms with Crippen molar-refractivity contribution in [3.05, 3.63) is 89.0 Å². The predicted octanol–water partition coefficient (Wildman–Crippen LogP) is 5.53. The van der Waals surface area contributed by atoms with Crippen LogP contribution < -0.4 is 10.5 Å². The largest absolute Gasteiger partial charge is 0.487 e. The Morgan fingerprint density at radius 1 is 0.938 bits per heavy atom. The zero-order chi connectivity index (χ0) is 23.3. The molecule has 4 nitrogen and oxygen atoms in total. The molecule has 0 aliphatic rings. The number of aryl methyl sites for hydroxylation is 2. The van der Waals surface area contributed by atoms with Crippen LogP contribution >= 0.6 is 0 Å². The van der Waals surface area contributed by atoms with Gasteiger partial charge in [0, 0.05) is 16.8 Å². The number of para-hydroxylation sites is 1. The lowest BCUT2D eigenvalue weighted by Crippen LogP contribution is -2.38. The number of nitrogens with two attached hydrogens (primary N) is 1. The highest BCUT2D eigenvalue weighted by Crippen LogP contribution is 2.29. The molecule has 3 rings (SSSR count). The number of benzene rings is 3. The minimum absolute atomic E-state index is 0.128. The number of hydrogen-bond donors (Lipinski definition) is 1. The Bertz CT molecular complexity index is 1120. The molecule has 0 radical (unpaired) electrons. The van der Waals surface area contributed by atoms with Gasteiger partial charge in [-0.1, -0.05) is 47.5 Å². The van der Waals surface area contributed by atoms with Gasteiger partial charge in [-0.25, -0.2) is 0 Å². The van der Waals surface area contributed by atoms with Crippen LogP contribution in [0.2, 0.25) is 0 Å². The van der Waals surface area contributed by atoms with E-state index in [2.05, 4.69) is 65.3 Å². The van der Waals surface area contributed by atoms with Crippen molar-refractivity contribution in [1.82, 2.24) is 0 Å². The van der Waals surface area contributed by atoms with E-state index >= 15 is 0 Å². The average Bonchev–Trinajstić information content (AvgIpc) is 2.71. The SMILES string of the molecule is Cc1cc(C)cc(-c2ccc(OCC[N+](C)(C)C)c(/C=C/C(=O)c3ccccc3N)c2)c1. The molecule has 0 aliphatic heterocycles. The van der Waals surface area contributed by atoms with Crippen LogP contribution in [0.3, 0.4) is 0 Å². The van der Waals surface area contributed by atoms with E-state index in [0.717, 1.165) is 33.5 Å². The van der Waals surface area contributed by atoms with Crippen molar-refractivity contribution < 1.29 is 14.0 Å². The summed E-state index contributed by atoms with van der Waals surface area (Å²) in [7, 11) is 6.41. The topological polar surface area (TPSA) is 52.3 Å². The van der Waals surface area contributed by atoms with E-state index in [-0.39, 0.29) is 5.78 Å². The van der Waals surface area contributed by atoms with Gasteiger partial charge in [0.1, 0.15) is 18.9 Å². The fraction of sp³-hybridized carbons (Fsp3) is 0.250. The molecule has 0 atom stereocenters. The summed E-state index contributed by atoms with van der Waals surface area (Å²) >= 11 is 0. The molecule has 0 bridgehead atoms. The highest BCUT2D eigenvalue weighted by molar-refractivity contribution is 6.10. The third-order valence-electron chi connectivity index (χ3n) is 5.22. The van der Waals surface area contributed by atoms with Crippen LogP contribution in [0.25, 0.3) is 17.2 Å². The number of carbonyl (C=O) groups excluding carboxylic acids is 1. The van der Waals surface area contributed by atoms with Crippen molar-refractivity contribution in [1.29, 1.82) is 0 Å². The normalized spacial score (nSPS) is 11.7. The van der Waals surface area contributed by atoms with E-state index in [1.54, 1.807) is 18.2 Å². The smallest absolute Gasteiger partial charge is 0.187 e. The number of nitrogens with zero attached hydrogens (tertiary/aromatic N) is 1. The minimum atomic E-state index is -0.128. The van der Waals surface area contributed by atoms with E-state index in [0.29, 0.717) is 17.9 Å². The summed E-state index contributed by atoms with van der Waals surface area (Å²) in [6.45, 7) is 5.67. The molecular weight excluding hydrogens is 396 g/mol. The van der Waals surface area contributed by atoms with Crippen LogP contribution in [0.4, 0.5) is 5.69 Å². The van der Waals surface area contributed by atoms with Crippen LogP contribution in [0.5, 0.6) is 5.75 Å². The Hall–Kier alpha value is -3.37. The standard InChI is InChI=1S/C28H32N2O2/c1-20-16-21(2)18-24(17-20)22-11-13-28(32-15-14-30(3,4)5)23(19-22)10-12-27(31)25-8-6-7-9-26(25)29/h6-13,16-19H,14-15H2,1-5H3,(H-,29,31)/p+1/b12-10+. The predicted molar refractivity (Wildman–Crippen MR) is 134 cm³/mol. The van der Waals surface area contributed by atoms with Gasteiger partial charge >= 0.3 is 0 Å². The van der Waals surface area contributed by atoms with Crippen LogP contribution in [0, 0.1) is 13.8 Å². The van der Waals surface area contributed by atoms with Gasteiger partial charge in [0.25, 0.3) is 0 Å². The molecule has 0 saturated carbocycles. The van der Waals surface area contributed by atoms with Crippen LogP contribution in [-0.2, 0) is 0 Å². The maximum atomic E-state index is 12.7. The first-order chi connectivity index (χ1) is 15.1. The van der Waals surface area contributed by atoms with E-state index in [1.165, 1.54) is 11.1 Å². The second-order valence-corrected chi connectivity index (χ2v) is 9.28. The molecule has 0 unspecified atom stereocenters. The molecule has 3 aromatic rings. The quantitative estimate of drug-likeness (QED) is 0.222. The Kier molecular flexibility index (Phi) is 7.16. The van der Waals surface area contributed by atoms with E-state index in [4.69, 9.17) is 10.5 Å². The lowest BCUT2D eigenvalue weighted by Gasteiger charge is -2.24. The zero-order valence-electron chi connectivity index (χ0n) is 19.7. The van der Waals surface area contributed by atoms with Crippen molar-refractivity contribution in [2.75, 3.05) is 40.0 Å². The third kappa shape index (κ3) is 6.32. The van der Waals surface area contributed by atoms with Gasteiger partial charge in [-0.05, 0) is 61.4 Å². The lowest BCUT2D eigenvalue weighted by atomic mass is 9.98. The van der Waals surface area contributed by atoms with Gasteiger partial charge in [0.2, 0.25) is 0 Å². The Labute approximate surface area is 191 Å². The van der Waals surface area contributed by atoms with Gasteiger partial charge in [0.15, 0.2) is 5.78 Å². The minimum Gasteiger partial charge on any atom is -0.487 e. The molecular formula is C28H33N2O2+. The molecule has 0 aromatic heterocycles. The van der Waals surface area contributed by atoms with Gasteiger partial charge in [-0.15, -0.1) is 0 Å². The Morgan fingerprint density at radius 2 is 1.62 bits per heavy atom. The zero-order valence-corrected chi connectivity index (χ0v) is 19.7. The van der Waals surface area contributed by atoms with Gasteiger partial charge in [-0.3, -0.25) is 4.79 Å². The first-order valence-electron chi connectivity index (χ1n) is 10.9. The highest BCUT2D eigenvalue weighted by Gasteiger charge is 2.11. The summed E-state index contributed by atoms with van der Waals surface area (Å²) < 4.78 is 6.93. The fourth-order valence-corrected chi connectivity index (χ4v) is 3.54. The van der Waals surface area contributed by atoms with Crippen LogP contribution in [0.1, 0.15) is 27.0 Å². The summed E-state index contributed by atoms with van der Waals surface area (Å²) in [5.41, 5.74) is 12.5. The van der Waals surface area contributed by atoms with Crippen molar-refractivity contribution in [3.8, 4) is 16.9 Å². The van der Waals surface area contributed by atoms with Crippen LogP contribution in [-0.4, -0.2) is 44.6 Å². The first kappa shape index (κ1) is 23.3. The van der Waals surface area contributed by atoms with E-state index in [1.807, 2.05) is 24.3 Å². The van der Waals surface area contributed by atoms with E-state index < -0.39 is 0 Å². The Balaban J connectivity index is 1.95. The number of ketones is 1. The molecule has 2 N–H and O–H groups in total. The number of rotatable bonds is 8. The number of ether oxygens (including phenoxy) is 1. The van der Waals surface area contributed by atoms with Gasteiger partial charge in [0.05, 0.1) is 21.1 Å². The second-order valence-electron chi connectivity index (χ2n) is 9.28. The number of nitrogen functional groups attached to an aromatic ring is 1. The van der Waals surface area contributed by atoms with Crippen molar-refractivity contribution in [2.24, 2.45) is 0 Å². The molecule has 32 heavy (non-hydrogen) atoms. The lowest BCUT2D eigenvalue weighted by molar-refractivity contribution is -0.870. The average molecular weight is 430 g/mol. The molecule has 166 valence electrons. The molecule has 0 aliphatic carbocycles. The number of carbonyl (C=O) groups is 1. The number of allylic oxidation sites excluding steroid dienone is 1. The van der Waals surface area contributed by atoms with Gasteiger partial charge < -0.3 is 15.0 Å². The summed E-state index contributed by atoms with van der Waals surface area (Å²) in [6, 6.07) is 19.8. The van der Waals surface area contributed by atoms with E-state index in [9.17, 15) is 4.79 Å². The highest BCUT2D eigenvalue weighted by atomic mass is 16.5. The molecule has 3 aromatic carbocycles. The maximum absolute atomic E-state index is 12.7. The molecule has 4 heteroatoms. The first-order valence-corrected chi connectivity index (χ1v) is 10.9. The molecule has 0 fully saturated rings. The summed E-state index contributed by atoms with van der Waals surface area (Å²) in [5, 5.41) is 0. The number of likely N-dealkylation sites (N-methyl/N-ethyl adjacent to an activating group) is 1. The summed E-state index contributed by atoms with van der Waals surface area (Å²) in [6.07, 6.45) is 3.39. The number of quaternary nitrogens is 1. The molecule has 0 heterocycles. The maximum Gasteiger partial charge on any atom is 0.187 e. The van der Waals surface area contributed by atoms with Gasteiger partial charge in [-0.2, -0.15) is 0 Å². The Morgan fingerprint density at radius 3 is 2.28 bits per heavy atom. The summed E-state index contributed by atoms with van der Waals surface area (Å²) in [5.74, 6) is 0.633.